The predicted octanol–water partition coefficient (Wildman–Crippen LogP) is 3.10. The number of anilines is 1. The van der Waals surface area contributed by atoms with Gasteiger partial charge in [0.15, 0.2) is 11.0 Å². The molecule has 0 atom stereocenters. The van der Waals surface area contributed by atoms with Crippen LogP contribution in [0.4, 0.5) is 5.82 Å². The topological polar surface area (TPSA) is 54.9 Å². The Labute approximate surface area is 105 Å². The Bertz CT molecular complexity index is 512. The lowest BCUT2D eigenvalue weighted by Gasteiger charge is -2.01. The molecule has 0 spiro atoms. The Kier molecular flexibility index (Phi) is 3.38. The van der Waals surface area contributed by atoms with E-state index in [1.54, 1.807) is 23.6 Å². The van der Waals surface area contributed by atoms with E-state index in [-0.39, 0.29) is 11.1 Å². The average molecular weight is 274 g/mol. The summed E-state index contributed by atoms with van der Waals surface area (Å²) in [6.45, 7) is 0. The van der Waals surface area contributed by atoms with Gasteiger partial charge in [0.2, 0.25) is 0 Å². The van der Waals surface area contributed by atoms with Crippen molar-refractivity contribution in [2.45, 2.75) is 0 Å². The van der Waals surface area contributed by atoms with Crippen LogP contribution in [0.2, 0.25) is 10.2 Å². The monoisotopic (exact) mass is 273 g/mol. The summed E-state index contributed by atoms with van der Waals surface area (Å²) in [6.07, 6.45) is 0. The van der Waals surface area contributed by atoms with E-state index in [0.717, 1.165) is 0 Å². The maximum Gasteiger partial charge on any atom is 0.268 e. The molecule has 0 radical (unpaired) electrons. The van der Waals surface area contributed by atoms with Gasteiger partial charge in [-0.25, -0.2) is 0 Å². The molecule has 1 amide bonds. The lowest BCUT2D eigenvalue weighted by Crippen LogP contribution is -2.12. The first-order chi connectivity index (χ1) is 7.66. The molecule has 2 aromatic rings. The van der Waals surface area contributed by atoms with Gasteiger partial charge in [0.05, 0.1) is 5.02 Å². The second-order valence-corrected chi connectivity index (χ2v) is 4.50. The summed E-state index contributed by atoms with van der Waals surface area (Å²) in [5.74, 6) is 0.0236. The largest absolute Gasteiger partial charge is 0.304 e. The van der Waals surface area contributed by atoms with Crippen molar-refractivity contribution < 1.29 is 4.79 Å². The van der Waals surface area contributed by atoms with Crippen LogP contribution in [0.1, 0.15) is 9.67 Å². The molecule has 0 aliphatic rings. The maximum absolute atomic E-state index is 11.7. The van der Waals surface area contributed by atoms with Gasteiger partial charge in [-0.05, 0) is 23.6 Å². The Morgan fingerprint density at radius 1 is 1.25 bits per heavy atom. The molecule has 16 heavy (non-hydrogen) atoms. The lowest BCUT2D eigenvalue weighted by atomic mass is 10.4. The molecule has 0 fully saturated rings. The highest BCUT2D eigenvalue weighted by Crippen LogP contribution is 2.22. The van der Waals surface area contributed by atoms with E-state index in [1.807, 2.05) is 0 Å². The number of rotatable bonds is 2. The maximum atomic E-state index is 11.7. The second-order valence-electron chi connectivity index (χ2n) is 2.79. The zero-order chi connectivity index (χ0) is 11.5. The van der Waals surface area contributed by atoms with Gasteiger partial charge in [0, 0.05) is 0 Å². The molecule has 0 saturated heterocycles. The molecule has 7 heteroatoms. The van der Waals surface area contributed by atoms with Crippen LogP contribution >= 0.6 is 34.5 Å². The summed E-state index contributed by atoms with van der Waals surface area (Å²) in [7, 11) is 0. The van der Waals surface area contributed by atoms with Crippen LogP contribution in [0, 0.1) is 0 Å². The highest BCUT2D eigenvalue weighted by Gasteiger charge is 2.12. The zero-order valence-electron chi connectivity index (χ0n) is 7.78. The van der Waals surface area contributed by atoms with Crippen molar-refractivity contribution in [2.75, 3.05) is 5.32 Å². The number of nitrogens with zero attached hydrogens (tertiary/aromatic N) is 2. The lowest BCUT2D eigenvalue weighted by molar-refractivity contribution is 0.103. The van der Waals surface area contributed by atoms with Gasteiger partial charge >= 0.3 is 0 Å². The van der Waals surface area contributed by atoms with E-state index in [2.05, 4.69) is 15.5 Å². The Morgan fingerprint density at radius 2 is 2.06 bits per heavy atom. The van der Waals surface area contributed by atoms with E-state index < -0.39 is 0 Å². The molecule has 2 heterocycles. The number of nitrogens with one attached hydrogen (secondary N) is 1. The molecule has 82 valence electrons. The van der Waals surface area contributed by atoms with Gasteiger partial charge in [-0.1, -0.05) is 23.2 Å². The van der Waals surface area contributed by atoms with Crippen molar-refractivity contribution in [2.24, 2.45) is 0 Å². The van der Waals surface area contributed by atoms with Gasteiger partial charge in [-0.15, -0.1) is 21.5 Å². The normalized spacial score (nSPS) is 10.1. The molecule has 0 bridgehead atoms. The van der Waals surface area contributed by atoms with Crippen molar-refractivity contribution in [3.05, 3.63) is 38.6 Å². The minimum atomic E-state index is -0.309. The molecule has 1 N–H and O–H groups in total. The number of amides is 1. The number of carbonyl (C=O) groups excluding carboxylic acids is 1. The van der Waals surface area contributed by atoms with Gasteiger partial charge in [-0.2, -0.15) is 0 Å². The van der Waals surface area contributed by atoms with Crippen LogP contribution in [0.15, 0.2) is 23.6 Å². The molecule has 4 nitrogen and oxygen atoms in total. The third-order valence-electron chi connectivity index (χ3n) is 1.70. The summed E-state index contributed by atoms with van der Waals surface area (Å²) in [4.78, 5) is 12.1. The van der Waals surface area contributed by atoms with Crippen LogP contribution in [0.3, 0.4) is 0 Å². The molecule has 2 aromatic heterocycles. The summed E-state index contributed by atoms with van der Waals surface area (Å²) in [5, 5.41) is 12.3. The third kappa shape index (κ3) is 2.49. The third-order valence-corrected chi connectivity index (χ3v) is 3.24. The van der Waals surface area contributed by atoms with Crippen molar-refractivity contribution in [1.82, 2.24) is 10.2 Å². The number of halogens is 2. The highest BCUT2D eigenvalue weighted by atomic mass is 35.5. The number of hydrogen-bond acceptors (Lipinski definition) is 4. The number of hydrogen-bond donors (Lipinski definition) is 1. The minimum absolute atomic E-state index is 0.271. The van der Waals surface area contributed by atoms with Gasteiger partial charge < -0.3 is 5.32 Å². The number of carbonyl (C=O) groups is 1. The SMILES string of the molecule is O=C(Nc1ccc(Cl)nn1)c1sccc1Cl. The van der Waals surface area contributed by atoms with E-state index in [4.69, 9.17) is 23.2 Å². The smallest absolute Gasteiger partial charge is 0.268 e. The molecule has 0 aliphatic heterocycles. The van der Waals surface area contributed by atoms with E-state index in [1.165, 1.54) is 11.3 Å². The molecule has 0 unspecified atom stereocenters. The minimum Gasteiger partial charge on any atom is -0.304 e. The first kappa shape index (κ1) is 11.3. The standard InChI is InChI=1S/C9H5Cl2N3OS/c10-5-3-4-16-8(5)9(15)12-7-2-1-6(11)13-14-7/h1-4H,(H,12,14,15). The van der Waals surface area contributed by atoms with E-state index >= 15 is 0 Å². The summed E-state index contributed by atoms with van der Waals surface area (Å²) >= 11 is 12.6. The second kappa shape index (κ2) is 4.78. The number of thiophene rings is 1. The van der Waals surface area contributed by atoms with E-state index in [9.17, 15) is 4.79 Å². The summed E-state index contributed by atoms with van der Waals surface area (Å²) < 4.78 is 0. The Hall–Kier alpha value is -1.17. The van der Waals surface area contributed by atoms with Crippen LogP contribution < -0.4 is 5.32 Å². The van der Waals surface area contributed by atoms with Crippen molar-refractivity contribution in [1.29, 1.82) is 0 Å². The predicted molar refractivity (Wildman–Crippen MR) is 64.3 cm³/mol. The van der Waals surface area contributed by atoms with E-state index in [0.29, 0.717) is 15.7 Å². The number of aromatic nitrogens is 2. The van der Waals surface area contributed by atoms with Crippen molar-refractivity contribution in [3.63, 3.8) is 0 Å². The molecule has 0 aromatic carbocycles. The summed E-state index contributed by atoms with van der Waals surface area (Å²) in [6, 6.07) is 4.77. The van der Waals surface area contributed by atoms with Crippen molar-refractivity contribution >= 4 is 46.3 Å². The Balaban J connectivity index is 2.14. The van der Waals surface area contributed by atoms with Crippen LogP contribution in [0.25, 0.3) is 0 Å². The molecular weight excluding hydrogens is 269 g/mol. The average Bonchev–Trinajstić information content (AvgIpc) is 2.68. The van der Waals surface area contributed by atoms with Crippen LogP contribution in [0.5, 0.6) is 0 Å². The van der Waals surface area contributed by atoms with Crippen LogP contribution in [-0.2, 0) is 0 Å². The Morgan fingerprint density at radius 3 is 2.62 bits per heavy atom. The fourth-order valence-electron chi connectivity index (χ4n) is 1.01. The van der Waals surface area contributed by atoms with Gasteiger partial charge in [0.25, 0.3) is 5.91 Å². The first-order valence-electron chi connectivity index (χ1n) is 4.20. The van der Waals surface area contributed by atoms with Gasteiger partial charge in [-0.3, -0.25) is 4.79 Å². The fourth-order valence-corrected chi connectivity index (χ4v) is 2.15. The zero-order valence-corrected chi connectivity index (χ0v) is 10.1. The van der Waals surface area contributed by atoms with Crippen molar-refractivity contribution in [3.8, 4) is 0 Å². The summed E-state index contributed by atoms with van der Waals surface area (Å²) in [5.41, 5.74) is 0. The first-order valence-corrected chi connectivity index (χ1v) is 5.84. The fraction of sp³-hybridized carbons (Fsp3) is 0. The molecule has 0 saturated carbocycles. The highest BCUT2D eigenvalue weighted by molar-refractivity contribution is 7.12. The quantitative estimate of drug-likeness (QED) is 0.915. The molecule has 2 rings (SSSR count). The molecule has 0 aliphatic carbocycles. The molecular formula is C9H5Cl2N3OS. The van der Waals surface area contributed by atoms with Gasteiger partial charge in [0.1, 0.15) is 4.88 Å². The van der Waals surface area contributed by atoms with Crippen LogP contribution in [-0.4, -0.2) is 16.1 Å².